The van der Waals surface area contributed by atoms with Gasteiger partial charge in [0.25, 0.3) is 0 Å². The molecule has 0 bridgehead atoms. The zero-order valence-electron chi connectivity index (χ0n) is 14.4. The largest absolute Gasteiger partial charge is 0.493 e. The average Bonchev–Trinajstić information content (AvgIpc) is 3.31. The quantitative estimate of drug-likeness (QED) is 0.853. The molecule has 0 unspecified atom stereocenters. The molecule has 1 aromatic rings. The maximum Gasteiger partial charge on any atom is 0.240 e. The predicted octanol–water partition coefficient (Wildman–Crippen LogP) is 1.40. The first-order valence-corrected chi connectivity index (χ1v) is 10.7. The Labute approximate surface area is 149 Å². The molecule has 0 radical (unpaired) electrons. The molecule has 3 aliphatic heterocycles. The number of hydrogen-bond acceptors (Lipinski definition) is 5. The van der Waals surface area contributed by atoms with Crippen molar-refractivity contribution < 1.29 is 17.9 Å². The molecule has 0 spiro atoms. The second-order valence-corrected chi connectivity index (χ2v) is 8.98. The van der Waals surface area contributed by atoms with Crippen molar-refractivity contribution >= 4 is 10.0 Å². The summed E-state index contributed by atoms with van der Waals surface area (Å²) in [5.41, 5.74) is 0.981. The highest BCUT2D eigenvalue weighted by Crippen LogP contribution is 2.28. The van der Waals surface area contributed by atoms with Gasteiger partial charge in [0.05, 0.1) is 18.1 Å². The van der Waals surface area contributed by atoms with Gasteiger partial charge in [0.15, 0.2) is 0 Å². The van der Waals surface area contributed by atoms with Gasteiger partial charge >= 0.3 is 0 Å². The van der Waals surface area contributed by atoms with E-state index in [2.05, 4.69) is 9.62 Å². The third-order valence-electron chi connectivity index (χ3n) is 5.60. The molecule has 25 heavy (non-hydrogen) atoms. The van der Waals surface area contributed by atoms with Gasteiger partial charge in [0.2, 0.25) is 10.0 Å². The van der Waals surface area contributed by atoms with Crippen LogP contribution >= 0.6 is 0 Å². The minimum absolute atomic E-state index is 0.345. The molecule has 0 aliphatic carbocycles. The van der Waals surface area contributed by atoms with Crippen LogP contribution in [0.5, 0.6) is 5.75 Å². The lowest BCUT2D eigenvalue weighted by Gasteiger charge is -2.35. The first-order chi connectivity index (χ1) is 12.1. The van der Waals surface area contributed by atoms with Crippen molar-refractivity contribution in [2.24, 2.45) is 5.92 Å². The lowest BCUT2D eigenvalue weighted by atomic mass is 9.96. The van der Waals surface area contributed by atoms with Gasteiger partial charge in [-0.25, -0.2) is 13.1 Å². The first-order valence-electron chi connectivity index (χ1n) is 9.19. The fourth-order valence-corrected chi connectivity index (χ4v) is 5.14. The Morgan fingerprint density at radius 1 is 1.16 bits per heavy atom. The molecular weight excluding hydrogens is 340 g/mol. The number of likely N-dealkylation sites (tertiary alicyclic amines) is 1. The molecule has 4 rings (SSSR count). The monoisotopic (exact) mass is 366 g/mol. The molecular formula is C18H26N2O4S. The lowest BCUT2D eigenvalue weighted by molar-refractivity contribution is 0.111. The molecule has 3 heterocycles. The number of benzene rings is 1. The Balaban J connectivity index is 1.30. The Morgan fingerprint density at radius 3 is 2.76 bits per heavy atom. The number of sulfonamides is 1. The van der Waals surface area contributed by atoms with E-state index in [0.29, 0.717) is 30.0 Å². The van der Waals surface area contributed by atoms with Crippen molar-refractivity contribution in [2.75, 3.05) is 39.5 Å². The van der Waals surface area contributed by atoms with Gasteiger partial charge in [-0.1, -0.05) is 0 Å². The Bertz CT molecular complexity index is 708. The summed E-state index contributed by atoms with van der Waals surface area (Å²) in [4.78, 5) is 2.84. The molecule has 0 saturated carbocycles. The highest BCUT2D eigenvalue weighted by molar-refractivity contribution is 7.89. The van der Waals surface area contributed by atoms with E-state index in [9.17, 15) is 8.42 Å². The normalized spacial score (nSPS) is 25.0. The third kappa shape index (κ3) is 3.84. The van der Waals surface area contributed by atoms with Gasteiger partial charge in [0, 0.05) is 25.6 Å². The van der Waals surface area contributed by atoms with Crippen LogP contribution in [-0.2, 0) is 21.2 Å². The third-order valence-corrected chi connectivity index (χ3v) is 7.03. The zero-order chi connectivity index (χ0) is 17.3. The van der Waals surface area contributed by atoms with E-state index >= 15 is 0 Å². The molecule has 7 heteroatoms. The molecule has 3 aliphatic rings. The molecule has 138 valence electrons. The van der Waals surface area contributed by atoms with Crippen molar-refractivity contribution in [3.8, 4) is 5.75 Å². The number of rotatable bonds is 5. The van der Waals surface area contributed by atoms with Crippen molar-refractivity contribution in [2.45, 2.75) is 36.6 Å². The Kier molecular flexibility index (Phi) is 4.99. The molecule has 2 fully saturated rings. The van der Waals surface area contributed by atoms with E-state index in [1.54, 1.807) is 18.2 Å². The van der Waals surface area contributed by atoms with Gasteiger partial charge in [-0.3, -0.25) is 4.90 Å². The van der Waals surface area contributed by atoms with Crippen LogP contribution in [0.1, 0.15) is 24.8 Å². The molecule has 1 atom stereocenters. The summed E-state index contributed by atoms with van der Waals surface area (Å²) >= 11 is 0. The highest BCUT2D eigenvalue weighted by atomic mass is 32.2. The zero-order valence-corrected chi connectivity index (χ0v) is 15.3. The van der Waals surface area contributed by atoms with E-state index in [-0.39, 0.29) is 0 Å². The second kappa shape index (κ2) is 7.23. The van der Waals surface area contributed by atoms with Crippen molar-refractivity contribution in [1.82, 2.24) is 9.62 Å². The summed E-state index contributed by atoms with van der Waals surface area (Å²) in [5, 5.41) is 0. The molecule has 0 aromatic heterocycles. The van der Waals surface area contributed by atoms with Crippen LogP contribution in [0, 0.1) is 5.92 Å². The topological polar surface area (TPSA) is 67.9 Å². The van der Waals surface area contributed by atoms with Crippen LogP contribution in [0.2, 0.25) is 0 Å². The minimum atomic E-state index is -3.45. The molecule has 1 N–H and O–H groups in total. The fraction of sp³-hybridized carbons (Fsp3) is 0.667. The molecule has 2 saturated heterocycles. The van der Waals surface area contributed by atoms with Crippen molar-refractivity contribution in [3.05, 3.63) is 23.8 Å². The SMILES string of the molecule is O=S(=O)(NCC1CCN([C@@H]2CCOC2)CC1)c1ccc2c(c1)CCO2. The van der Waals surface area contributed by atoms with Crippen molar-refractivity contribution in [1.29, 1.82) is 0 Å². The van der Waals surface area contributed by atoms with Crippen molar-refractivity contribution in [3.63, 3.8) is 0 Å². The summed E-state index contributed by atoms with van der Waals surface area (Å²) in [7, 11) is -3.45. The number of ether oxygens (including phenoxy) is 2. The highest BCUT2D eigenvalue weighted by Gasteiger charge is 2.28. The van der Waals surface area contributed by atoms with Crippen LogP contribution in [0.25, 0.3) is 0 Å². The maximum absolute atomic E-state index is 12.6. The standard InChI is InChI=1S/C18H26N2O4S/c21-25(22,17-1-2-18-15(11-17)5-10-24-18)19-12-14-3-7-20(8-4-14)16-6-9-23-13-16/h1-2,11,14,16,19H,3-10,12-13H2/t16-/m1/s1. The van der Waals surface area contributed by atoms with Crippen LogP contribution in [0.3, 0.4) is 0 Å². The average molecular weight is 366 g/mol. The lowest BCUT2D eigenvalue weighted by Crippen LogP contribution is -2.43. The second-order valence-electron chi connectivity index (χ2n) is 7.22. The Hall–Kier alpha value is -1.15. The van der Waals surface area contributed by atoms with Gasteiger partial charge < -0.3 is 9.47 Å². The number of hydrogen-bond donors (Lipinski definition) is 1. The van der Waals surface area contributed by atoms with Crippen LogP contribution in [0.15, 0.2) is 23.1 Å². The van der Waals surface area contributed by atoms with E-state index in [1.165, 1.54) is 0 Å². The number of piperidine rings is 1. The number of nitrogens with zero attached hydrogens (tertiary/aromatic N) is 1. The predicted molar refractivity (Wildman–Crippen MR) is 94.4 cm³/mol. The maximum atomic E-state index is 12.6. The molecule has 1 aromatic carbocycles. The van der Waals surface area contributed by atoms with E-state index in [0.717, 1.165) is 63.3 Å². The summed E-state index contributed by atoms with van der Waals surface area (Å²) < 4.78 is 38.9. The summed E-state index contributed by atoms with van der Waals surface area (Å²) in [6.45, 7) is 4.95. The van der Waals surface area contributed by atoms with Crippen LogP contribution < -0.4 is 9.46 Å². The smallest absolute Gasteiger partial charge is 0.240 e. The van der Waals surface area contributed by atoms with E-state index in [1.807, 2.05) is 0 Å². The van der Waals surface area contributed by atoms with Gasteiger partial charge in [-0.2, -0.15) is 0 Å². The van der Waals surface area contributed by atoms with Crippen LogP contribution in [0.4, 0.5) is 0 Å². The van der Waals surface area contributed by atoms with Gasteiger partial charge in [-0.05, 0) is 62.0 Å². The fourth-order valence-electron chi connectivity index (χ4n) is 3.97. The first kappa shape index (κ1) is 17.3. The molecule has 0 amide bonds. The summed E-state index contributed by atoms with van der Waals surface area (Å²) in [6.07, 6.45) is 3.98. The minimum Gasteiger partial charge on any atom is -0.493 e. The number of fused-ring (bicyclic) bond motifs is 1. The van der Waals surface area contributed by atoms with E-state index in [4.69, 9.17) is 9.47 Å². The van der Waals surface area contributed by atoms with Gasteiger partial charge in [0.1, 0.15) is 5.75 Å². The number of nitrogens with one attached hydrogen (secondary N) is 1. The van der Waals surface area contributed by atoms with Crippen LogP contribution in [-0.4, -0.2) is 58.8 Å². The summed E-state index contributed by atoms with van der Waals surface area (Å²) in [5.74, 6) is 1.22. The van der Waals surface area contributed by atoms with Gasteiger partial charge in [-0.15, -0.1) is 0 Å². The van der Waals surface area contributed by atoms with E-state index < -0.39 is 10.0 Å². The molecule has 6 nitrogen and oxygen atoms in total. The Morgan fingerprint density at radius 2 is 2.00 bits per heavy atom. The summed E-state index contributed by atoms with van der Waals surface area (Å²) in [6, 6.07) is 5.70.